The van der Waals surface area contributed by atoms with Gasteiger partial charge in [0.2, 0.25) is 0 Å². The van der Waals surface area contributed by atoms with Crippen molar-refractivity contribution in [2.24, 2.45) is 11.8 Å². The van der Waals surface area contributed by atoms with E-state index < -0.39 is 125 Å². The summed E-state index contributed by atoms with van der Waals surface area (Å²) in [5, 5.41) is 34.0. The molecular formula is C49H88N2O14Si. The van der Waals surface area contributed by atoms with E-state index in [4.69, 9.17) is 51.2 Å². The Labute approximate surface area is 401 Å². The standard InChI is InChI=1S/C49H88N2O14Si/c1-15-16-24-66(13,14)65-40-26-34-25-29(2)36(61-39-23-22-35(50(8)9)31(4)58-39)21-19-17-18-20-30(3)57-38(52)27-37(62-40)46(56-12)45(34)64-48-43(53)42(51(10)11)44(32(5)60-48)63-41-28-49(7,55)47(54)33(6)59-41/h17-19,21,29-37,39-48,53-55H,15-16,20,22-28H2,1-14H3/b18-17+,21-19+/t29-,30-,31?,32?,33-,34-,35+,36+,37-,39+,40?,41+,42?,43?,44-,45+,46+,47+,48+,49?/m1/s1/i8D3. The fourth-order valence-corrected chi connectivity index (χ4v) is 12.7. The van der Waals surface area contributed by atoms with Gasteiger partial charge in [0.15, 0.2) is 27.2 Å². The van der Waals surface area contributed by atoms with Crippen LogP contribution in [0.4, 0.5) is 0 Å². The molecule has 0 radical (unpaired) electrons. The van der Waals surface area contributed by atoms with E-state index in [9.17, 15) is 20.1 Å². The first-order valence-electron chi connectivity index (χ1n) is 26.0. The van der Waals surface area contributed by atoms with E-state index in [-0.39, 0.29) is 30.7 Å². The van der Waals surface area contributed by atoms with Crippen LogP contribution in [0, 0.1) is 11.8 Å². The Balaban J connectivity index is 1.52. The molecule has 0 aromatic rings. The summed E-state index contributed by atoms with van der Waals surface area (Å²) in [6.07, 6.45) is 0.268. The monoisotopic (exact) mass is 960 g/mol. The molecule has 0 amide bonds. The molecule has 20 atom stereocenters. The number of rotatable bonds is 14. The summed E-state index contributed by atoms with van der Waals surface area (Å²) >= 11 is 0. The van der Waals surface area contributed by atoms with E-state index in [1.165, 1.54) is 4.90 Å². The maximum Gasteiger partial charge on any atom is 0.308 e. The molecule has 5 aliphatic heterocycles. The molecule has 0 saturated carbocycles. The van der Waals surface area contributed by atoms with Crippen molar-refractivity contribution in [2.45, 2.75) is 235 Å². The van der Waals surface area contributed by atoms with Crippen LogP contribution in [0.25, 0.3) is 0 Å². The third-order valence-electron chi connectivity index (χ3n) is 14.2. The van der Waals surface area contributed by atoms with Crippen molar-refractivity contribution in [2.75, 3.05) is 35.2 Å². The van der Waals surface area contributed by atoms with Crippen LogP contribution in [0.1, 0.15) is 110 Å². The van der Waals surface area contributed by atoms with Gasteiger partial charge in [-0.25, -0.2) is 0 Å². The number of carbonyl (C=O) groups is 1. The van der Waals surface area contributed by atoms with Crippen molar-refractivity contribution in [3.63, 3.8) is 0 Å². The number of fused-ring (bicyclic) bond motifs is 3. The lowest BCUT2D eigenvalue weighted by molar-refractivity contribution is -0.343. The van der Waals surface area contributed by atoms with Crippen LogP contribution in [0.15, 0.2) is 24.3 Å². The second-order valence-electron chi connectivity index (χ2n) is 20.8. The first-order chi connectivity index (χ1) is 32.2. The zero-order chi connectivity index (χ0) is 51.2. The number of likely N-dealkylation sites (N-methyl/N-ethyl adjacent to an activating group) is 2. The van der Waals surface area contributed by atoms with E-state index in [1.807, 2.05) is 64.1 Å². The summed E-state index contributed by atoms with van der Waals surface area (Å²) in [5.41, 5.74) is -1.46. The number of carbonyl (C=O) groups excluding carboxylic acids is 1. The van der Waals surface area contributed by atoms with Crippen molar-refractivity contribution in [1.82, 2.24) is 9.80 Å². The smallest absolute Gasteiger partial charge is 0.308 e. The molecule has 0 aromatic heterocycles. The first-order valence-corrected chi connectivity index (χ1v) is 27.7. The number of hydrogen-bond donors (Lipinski definition) is 3. The number of hydrogen-bond acceptors (Lipinski definition) is 16. The Morgan fingerprint density at radius 1 is 0.879 bits per heavy atom. The van der Waals surface area contributed by atoms with Crippen molar-refractivity contribution in [3.05, 3.63) is 24.3 Å². The molecule has 0 aliphatic carbocycles. The van der Waals surface area contributed by atoms with Gasteiger partial charge < -0.3 is 72.2 Å². The van der Waals surface area contributed by atoms with Crippen LogP contribution in [-0.4, -0.2) is 185 Å². The third-order valence-corrected chi connectivity index (χ3v) is 16.7. The quantitative estimate of drug-likeness (QED) is 0.147. The number of ether oxygens (including phenoxy) is 9. The number of methoxy groups -OCH3 is 1. The molecule has 0 aromatic carbocycles. The number of nitrogens with zero attached hydrogens (tertiary/aromatic N) is 2. The molecule has 4 fully saturated rings. The fraction of sp³-hybridized carbons (Fsp3) is 0.898. The number of aliphatic hydroxyl groups excluding tert-OH is 2. The summed E-state index contributed by atoms with van der Waals surface area (Å²) in [7, 11) is 4.51. The van der Waals surface area contributed by atoms with Gasteiger partial charge in [-0.15, -0.1) is 0 Å². The minimum Gasteiger partial charge on any atom is -0.462 e. The van der Waals surface area contributed by atoms with Crippen molar-refractivity contribution >= 4 is 14.3 Å². The molecule has 0 spiro atoms. The minimum absolute atomic E-state index is 0.00385. The number of unbranched alkanes of at least 4 members (excludes halogenated alkanes) is 1. The predicted molar refractivity (Wildman–Crippen MR) is 252 cm³/mol. The van der Waals surface area contributed by atoms with Crippen molar-refractivity contribution < 1.29 is 71.3 Å². The van der Waals surface area contributed by atoms with Gasteiger partial charge in [0.05, 0.1) is 54.7 Å². The highest BCUT2D eigenvalue weighted by atomic mass is 28.4. The fourth-order valence-electron chi connectivity index (χ4n) is 10.5. The molecule has 382 valence electrons. The van der Waals surface area contributed by atoms with E-state index >= 15 is 0 Å². The highest BCUT2D eigenvalue weighted by Crippen LogP contribution is 2.41. The minimum atomic E-state index is -2.32. The van der Waals surface area contributed by atoms with Crippen LogP contribution >= 0.6 is 0 Å². The lowest BCUT2D eigenvalue weighted by Gasteiger charge is -2.50. The van der Waals surface area contributed by atoms with Crippen LogP contribution in [0.5, 0.6) is 0 Å². The second-order valence-corrected chi connectivity index (χ2v) is 25.1. The van der Waals surface area contributed by atoms with Crippen molar-refractivity contribution in [3.8, 4) is 0 Å². The molecule has 2 bridgehead atoms. The molecule has 17 heteroatoms. The number of esters is 1. The SMILES string of the molecule is [2H]C([2H])([2H])N(C)[C@H]1CC[C@H](O[C@H]2/C=C/C=C/C[C@@H](C)OC(=O)C[C@H]3OC(O[Si](C)(C)CCCC)C[C@@H](C[C@H]2C)[C@H](O[C@@H]2OC(C)[C@@H](O[C@H]4CC(C)(O)[C@@H](O)[C@@H](C)O4)C(N(C)C)C2O)[C@H]3OC)OC1C. The summed E-state index contributed by atoms with van der Waals surface area (Å²) in [6, 6.07) is -0.0753. The summed E-state index contributed by atoms with van der Waals surface area (Å²) in [5.74, 6) is -1.01. The normalized spacial score (nSPS) is 45.4. The second kappa shape index (κ2) is 24.6. The van der Waals surface area contributed by atoms with Crippen LogP contribution in [-0.2, 0) is 51.9 Å². The molecule has 5 heterocycles. The maximum absolute atomic E-state index is 13.8. The van der Waals surface area contributed by atoms with E-state index in [1.54, 1.807) is 28.0 Å². The highest BCUT2D eigenvalue weighted by Gasteiger charge is 2.53. The van der Waals surface area contributed by atoms with Gasteiger partial charge in [0, 0.05) is 36.5 Å². The van der Waals surface area contributed by atoms with Gasteiger partial charge in [-0.1, -0.05) is 51.0 Å². The highest BCUT2D eigenvalue weighted by molar-refractivity contribution is 6.71. The van der Waals surface area contributed by atoms with Gasteiger partial charge in [0.1, 0.15) is 36.8 Å². The Kier molecular flexibility index (Phi) is 19.0. The molecule has 6 unspecified atom stereocenters. The van der Waals surface area contributed by atoms with Crippen LogP contribution in [0.2, 0.25) is 19.1 Å². The topological polar surface area (TPSA) is 177 Å². The lowest BCUT2D eigenvalue weighted by Crippen LogP contribution is -2.65. The van der Waals surface area contributed by atoms with Gasteiger partial charge in [-0.05, 0) is 113 Å². The summed E-state index contributed by atoms with van der Waals surface area (Å²) < 4.78 is 89.7. The summed E-state index contributed by atoms with van der Waals surface area (Å²) in [4.78, 5) is 17.1. The third kappa shape index (κ3) is 14.8. The summed E-state index contributed by atoms with van der Waals surface area (Å²) in [6.45, 7) is 15.2. The molecule has 3 N–H and O–H groups in total. The van der Waals surface area contributed by atoms with E-state index in [0.717, 1.165) is 18.9 Å². The van der Waals surface area contributed by atoms with E-state index in [2.05, 4.69) is 26.9 Å². The molecule has 16 nitrogen and oxygen atoms in total. The molecule has 66 heavy (non-hydrogen) atoms. The lowest BCUT2D eigenvalue weighted by atomic mass is 9.82. The molecular weight excluding hydrogens is 869 g/mol. The zero-order valence-electron chi connectivity index (χ0n) is 45.1. The van der Waals surface area contributed by atoms with Crippen LogP contribution < -0.4 is 0 Å². The molecule has 5 aliphatic rings. The molecule has 4 saturated heterocycles. The van der Waals surface area contributed by atoms with Gasteiger partial charge >= 0.3 is 5.97 Å². The first kappa shape index (κ1) is 51.0. The maximum atomic E-state index is 13.8. The van der Waals surface area contributed by atoms with Gasteiger partial charge in [-0.3, -0.25) is 4.79 Å². The van der Waals surface area contributed by atoms with Gasteiger partial charge in [0.25, 0.3) is 0 Å². The Hall–Kier alpha value is -1.39. The Bertz CT molecular complexity index is 1660. The van der Waals surface area contributed by atoms with Crippen LogP contribution in [0.3, 0.4) is 0 Å². The van der Waals surface area contributed by atoms with E-state index in [0.29, 0.717) is 32.1 Å². The number of cyclic esters (lactones) is 1. The van der Waals surface area contributed by atoms with Crippen molar-refractivity contribution in [1.29, 1.82) is 0 Å². The largest absolute Gasteiger partial charge is 0.462 e. The van der Waals surface area contributed by atoms with Gasteiger partial charge in [-0.2, -0.15) is 0 Å². The predicted octanol–water partition coefficient (Wildman–Crippen LogP) is 5.51. The Morgan fingerprint density at radius 2 is 1.61 bits per heavy atom. The zero-order valence-corrected chi connectivity index (χ0v) is 43.1. The average molecular weight is 960 g/mol. The Morgan fingerprint density at radius 3 is 2.26 bits per heavy atom. The number of allylic oxidation sites excluding steroid dienone is 2. The average Bonchev–Trinajstić information content (AvgIpc) is 3.36. The molecule has 5 rings (SSSR count). The number of aliphatic hydroxyl groups is 3.